The van der Waals surface area contributed by atoms with Gasteiger partial charge in [0.05, 0.1) is 18.8 Å². The summed E-state index contributed by atoms with van der Waals surface area (Å²) in [5.41, 5.74) is 3.47. The summed E-state index contributed by atoms with van der Waals surface area (Å²) >= 11 is 0. The number of rotatable bonds is 7. The van der Waals surface area contributed by atoms with Crippen LogP contribution in [0.3, 0.4) is 0 Å². The fraction of sp³-hybridized carbons (Fsp3) is 0.450. The molecule has 1 aromatic carbocycles. The second-order valence-electron chi connectivity index (χ2n) is 6.69. The third-order valence-electron chi connectivity index (χ3n) is 4.56. The number of aliphatic hydroxyl groups excluding tert-OH is 1. The van der Waals surface area contributed by atoms with Crippen LogP contribution in [0.2, 0.25) is 0 Å². The van der Waals surface area contributed by atoms with Crippen LogP contribution in [0.5, 0.6) is 0 Å². The van der Waals surface area contributed by atoms with Crippen molar-refractivity contribution in [1.82, 2.24) is 9.88 Å². The first-order chi connectivity index (χ1) is 11.7. The molecule has 0 unspecified atom stereocenters. The molecule has 1 saturated heterocycles. The lowest BCUT2D eigenvalue weighted by Gasteiger charge is -2.21. The number of aliphatic hydroxyl groups is 1. The number of nitrogens with zero attached hydrogens (tertiary/aromatic N) is 2. The summed E-state index contributed by atoms with van der Waals surface area (Å²) in [7, 11) is 2.14. The largest absolute Gasteiger partial charge is 0.392 e. The summed E-state index contributed by atoms with van der Waals surface area (Å²) in [6.45, 7) is 1.96. The summed E-state index contributed by atoms with van der Waals surface area (Å²) in [5.74, 6) is 0. The van der Waals surface area contributed by atoms with E-state index >= 15 is 0 Å². The van der Waals surface area contributed by atoms with Crippen LogP contribution in [0, 0.1) is 0 Å². The molecule has 1 fully saturated rings. The van der Waals surface area contributed by atoms with Crippen molar-refractivity contribution in [3.63, 3.8) is 0 Å². The molecule has 4 heteroatoms. The highest BCUT2D eigenvalue weighted by atomic mass is 16.5. The number of pyridine rings is 1. The average molecular weight is 326 g/mol. The Morgan fingerprint density at radius 1 is 1.08 bits per heavy atom. The van der Waals surface area contributed by atoms with Gasteiger partial charge in [-0.05, 0) is 49.1 Å². The Kier molecular flexibility index (Phi) is 5.96. The van der Waals surface area contributed by atoms with E-state index in [9.17, 15) is 0 Å². The molecule has 0 spiro atoms. The lowest BCUT2D eigenvalue weighted by Crippen LogP contribution is -2.29. The highest BCUT2D eigenvalue weighted by Gasteiger charge is 2.26. The Hall–Kier alpha value is -1.75. The van der Waals surface area contributed by atoms with Crippen LogP contribution in [0.25, 0.3) is 0 Å². The normalized spacial score (nSPS) is 20.6. The molecule has 1 N–H and O–H groups in total. The fourth-order valence-corrected chi connectivity index (χ4v) is 3.32. The Labute approximate surface area is 144 Å². The molecule has 4 nitrogen and oxygen atoms in total. The predicted octanol–water partition coefficient (Wildman–Crippen LogP) is 2.80. The van der Waals surface area contributed by atoms with Gasteiger partial charge in [-0.2, -0.15) is 0 Å². The summed E-state index contributed by atoms with van der Waals surface area (Å²) in [6.07, 6.45) is 7.54. The van der Waals surface area contributed by atoms with Gasteiger partial charge in [0.2, 0.25) is 0 Å². The summed E-state index contributed by atoms with van der Waals surface area (Å²) in [4.78, 5) is 6.47. The lowest BCUT2D eigenvalue weighted by molar-refractivity contribution is 0.0267. The van der Waals surface area contributed by atoms with E-state index in [0.717, 1.165) is 37.9 Å². The van der Waals surface area contributed by atoms with Crippen molar-refractivity contribution in [3.05, 3.63) is 65.5 Å². The summed E-state index contributed by atoms with van der Waals surface area (Å²) in [5, 5.41) is 9.10. The Balaban J connectivity index is 1.44. The van der Waals surface area contributed by atoms with Crippen molar-refractivity contribution in [2.24, 2.45) is 0 Å². The van der Waals surface area contributed by atoms with Crippen molar-refractivity contribution in [2.75, 3.05) is 13.6 Å². The minimum absolute atomic E-state index is 0.103. The number of likely N-dealkylation sites (N-methyl/N-ethyl adjacent to an activating group) is 1. The SMILES string of the molecule is CN(Cc1cccnc1)C[C@H]1CC[C@@H](Cc2ccc(CO)cc2)O1. The molecule has 24 heavy (non-hydrogen) atoms. The highest BCUT2D eigenvalue weighted by Crippen LogP contribution is 2.24. The maximum Gasteiger partial charge on any atom is 0.0706 e. The molecule has 0 saturated carbocycles. The van der Waals surface area contributed by atoms with Gasteiger partial charge in [-0.25, -0.2) is 0 Å². The van der Waals surface area contributed by atoms with Crippen LogP contribution >= 0.6 is 0 Å². The standard InChI is InChI=1S/C20H26N2O2/c1-22(13-18-3-2-10-21-12-18)14-20-9-8-19(24-20)11-16-4-6-17(15-23)7-5-16/h2-7,10,12,19-20,23H,8-9,11,13-15H2,1H3/t19-,20+/m0/s1. The molecule has 128 valence electrons. The number of ether oxygens (including phenoxy) is 1. The molecule has 2 aromatic rings. The fourth-order valence-electron chi connectivity index (χ4n) is 3.32. The molecule has 2 heterocycles. The summed E-state index contributed by atoms with van der Waals surface area (Å²) < 4.78 is 6.22. The van der Waals surface area contributed by atoms with Crippen molar-refractivity contribution < 1.29 is 9.84 Å². The molecule has 0 aliphatic carbocycles. The zero-order valence-electron chi connectivity index (χ0n) is 14.3. The van der Waals surface area contributed by atoms with Crippen LogP contribution in [0.4, 0.5) is 0 Å². The molecule has 0 radical (unpaired) electrons. The van der Waals surface area contributed by atoms with E-state index in [1.165, 1.54) is 11.1 Å². The molecule has 0 amide bonds. The van der Waals surface area contributed by atoms with Crippen molar-refractivity contribution in [2.45, 2.75) is 44.6 Å². The van der Waals surface area contributed by atoms with Crippen LogP contribution < -0.4 is 0 Å². The zero-order valence-corrected chi connectivity index (χ0v) is 14.3. The molecule has 1 aliphatic heterocycles. The van der Waals surface area contributed by atoms with Crippen molar-refractivity contribution in [3.8, 4) is 0 Å². The summed E-state index contributed by atoms with van der Waals surface area (Å²) in [6, 6.07) is 12.3. The second-order valence-corrected chi connectivity index (χ2v) is 6.69. The van der Waals surface area contributed by atoms with E-state index in [1.807, 2.05) is 24.4 Å². The van der Waals surface area contributed by atoms with Gasteiger partial charge in [0.15, 0.2) is 0 Å². The molecule has 1 aromatic heterocycles. The Morgan fingerprint density at radius 2 is 1.83 bits per heavy atom. The van der Waals surface area contributed by atoms with E-state index in [4.69, 9.17) is 9.84 Å². The quantitative estimate of drug-likeness (QED) is 0.850. The van der Waals surface area contributed by atoms with Crippen LogP contribution in [0.15, 0.2) is 48.8 Å². The number of aromatic nitrogens is 1. The van der Waals surface area contributed by atoms with E-state index in [2.05, 4.69) is 35.1 Å². The van der Waals surface area contributed by atoms with E-state index in [-0.39, 0.29) is 6.61 Å². The first kappa shape index (κ1) is 17.1. The van der Waals surface area contributed by atoms with Gasteiger partial charge in [0.25, 0.3) is 0 Å². The van der Waals surface area contributed by atoms with Crippen molar-refractivity contribution >= 4 is 0 Å². The van der Waals surface area contributed by atoms with Crippen LogP contribution in [-0.4, -0.2) is 40.8 Å². The molecule has 0 bridgehead atoms. The minimum Gasteiger partial charge on any atom is -0.392 e. The van der Waals surface area contributed by atoms with E-state index < -0.39 is 0 Å². The number of benzene rings is 1. The Morgan fingerprint density at radius 3 is 2.54 bits per heavy atom. The molecular formula is C20H26N2O2. The lowest BCUT2D eigenvalue weighted by atomic mass is 10.0. The maximum absolute atomic E-state index is 9.10. The first-order valence-electron chi connectivity index (χ1n) is 8.64. The van der Waals surface area contributed by atoms with Crippen LogP contribution in [0.1, 0.15) is 29.5 Å². The van der Waals surface area contributed by atoms with Gasteiger partial charge in [-0.3, -0.25) is 9.88 Å². The average Bonchev–Trinajstić information content (AvgIpc) is 3.03. The monoisotopic (exact) mass is 326 g/mol. The Bertz CT molecular complexity index is 615. The minimum atomic E-state index is 0.103. The second kappa shape index (κ2) is 8.38. The topological polar surface area (TPSA) is 45.6 Å². The first-order valence-corrected chi connectivity index (χ1v) is 8.64. The van der Waals surface area contributed by atoms with E-state index in [0.29, 0.717) is 12.2 Å². The van der Waals surface area contributed by atoms with Gasteiger partial charge < -0.3 is 9.84 Å². The highest BCUT2D eigenvalue weighted by molar-refractivity contribution is 5.22. The number of hydrogen-bond donors (Lipinski definition) is 1. The predicted molar refractivity (Wildman–Crippen MR) is 94.5 cm³/mol. The van der Waals surface area contributed by atoms with Gasteiger partial charge in [0.1, 0.15) is 0 Å². The van der Waals surface area contributed by atoms with Gasteiger partial charge >= 0.3 is 0 Å². The molecule has 2 atom stereocenters. The number of hydrogen-bond acceptors (Lipinski definition) is 4. The van der Waals surface area contributed by atoms with Gasteiger partial charge in [-0.15, -0.1) is 0 Å². The molecular weight excluding hydrogens is 300 g/mol. The van der Waals surface area contributed by atoms with Crippen molar-refractivity contribution in [1.29, 1.82) is 0 Å². The van der Waals surface area contributed by atoms with E-state index in [1.54, 1.807) is 6.20 Å². The molecule has 3 rings (SSSR count). The van der Waals surface area contributed by atoms with Gasteiger partial charge in [-0.1, -0.05) is 30.3 Å². The molecule has 1 aliphatic rings. The van der Waals surface area contributed by atoms with Crippen LogP contribution in [-0.2, 0) is 24.3 Å². The third kappa shape index (κ3) is 4.87. The maximum atomic E-state index is 9.10. The smallest absolute Gasteiger partial charge is 0.0706 e. The third-order valence-corrected chi connectivity index (χ3v) is 4.56. The zero-order chi connectivity index (χ0) is 16.8. The van der Waals surface area contributed by atoms with Gasteiger partial charge in [0, 0.05) is 25.5 Å².